The number of carbonyl (C=O) groups excluding carboxylic acids is 2. The number of hydrogen-bond acceptors (Lipinski definition) is 3. The maximum Gasteiger partial charge on any atom is 0.270 e. The molecule has 1 amide bonds. The minimum atomic E-state index is -0.236. The van der Waals surface area contributed by atoms with Gasteiger partial charge < -0.3 is 15.0 Å². The molecule has 1 aromatic carbocycles. The van der Waals surface area contributed by atoms with E-state index in [1.807, 2.05) is 30.3 Å². The highest BCUT2D eigenvalue weighted by Crippen LogP contribution is 2.11. The molecule has 0 fully saturated rings. The molecule has 5 heteroatoms. The first-order valence-electron chi connectivity index (χ1n) is 6.75. The van der Waals surface area contributed by atoms with E-state index in [-0.39, 0.29) is 24.8 Å². The van der Waals surface area contributed by atoms with Crippen molar-refractivity contribution in [3.05, 3.63) is 59.4 Å². The molecule has 0 unspecified atom stereocenters. The van der Waals surface area contributed by atoms with E-state index in [0.29, 0.717) is 17.8 Å². The number of aromatic amines is 1. The first-order chi connectivity index (χ1) is 10.1. The summed E-state index contributed by atoms with van der Waals surface area (Å²) in [6, 6.07) is 11.1. The summed E-state index contributed by atoms with van der Waals surface area (Å²) in [7, 11) is 0. The third kappa shape index (κ3) is 3.79. The second-order valence-corrected chi connectivity index (χ2v) is 4.79. The van der Waals surface area contributed by atoms with Gasteiger partial charge in [0.1, 0.15) is 5.69 Å². The largest absolute Gasteiger partial charge is 0.395 e. The molecule has 5 nitrogen and oxygen atoms in total. The molecule has 0 bridgehead atoms. The molecule has 0 atom stereocenters. The molecule has 2 N–H and O–H groups in total. The molecule has 21 heavy (non-hydrogen) atoms. The van der Waals surface area contributed by atoms with Crippen LogP contribution in [0, 0.1) is 0 Å². The Balaban J connectivity index is 2.16. The van der Waals surface area contributed by atoms with Crippen molar-refractivity contribution in [2.75, 3.05) is 13.2 Å². The number of nitrogens with one attached hydrogen (secondary N) is 1. The molecule has 0 radical (unpaired) electrons. The average molecular weight is 286 g/mol. The quantitative estimate of drug-likeness (QED) is 0.796. The summed E-state index contributed by atoms with van der Waals surface area (Å²) in [6.07, 6.45) is 1.52. The molecule has 0 aliphatic rings. The summed E-state index contributed by atoms with van der Waals surface area (Å²) in [4.78, 5) is 28.1. The van der Waals surface area contributed by atoms with E-state index >= 15 is 0 Å². The van der Waals surface area contributed by atoms with E-state index in [4.69, 9.17) is 5.11 Å². The highest BCUT2D eigenvalue weighted by Gasteiger charge is 2.18. The van der Waals surface area contributed by atoms with E-state index < -0.39 is 0 Å². The molecule has 0 aliphatic heterocycles. The number of aromatic nitrogens is 1. The highest BCUT2D eigenvalue weighted by atomic mass is 16.3. The number of aliphatic hydroxyl groups excluding tert-OH is 1. The van der Waals surface area contributed by atoms with Crippen molar-refractivity contribution in [3.63, 3.8) is 0 Å². The maximum atomic E-state index is 12.4. The van der Waals surface area contributed by atoms with Gasteiger partial charge in [-0.25, -0.2) is 0 Å². The van der Waals surface area contributed by atoms with Crippen LogP contribution in [0.15, 0.2) is 42.6 Å². The molecule has 1 aromatic heterocycles. The topological polar surface area (TPSA) is 73.4 Å². The molecule has 110 valence electrons. The van der Waals surface area contributed by atoms with Crippen molar-refractivity contribution in [1.82, 2.24) is 9.88 Å². The van der Waals surface area contributed by atoms with Crippen molar-refractivity contribution < 1.29 is 14.7 Å². The molecular formula is C16H18N2O3. The third-order valence-corrected chi connectivity index (χ3v) is 3.19. The van der Waals surface area contributed by atoms with Crippen LogP contribution in [0.5, 0.6) is 0 Å². The van der Waals surface area contributed by atoms with Gasteiger partial charge in [0.05, 0.1) is 6.61 Å². The van der Waals surface area contributed by atoms with Gasteiger partial charge in [-0.2, -0.15) is 0 Å². The van der Waals surface area contributed by atoms with Gasteiger partial charge in [-0.15, -0.1) is 0 Å². The number of ketones is 1. The lowest BCUT2D eigenvalue weighted by Gasteiger charge is -2.21. The van der Waals surface area contributed by atoms with Crippen LogP contribution in [0.4, 0.5) is 0 Å². The Bertz CT molecular complexity index is 619. The number of carbonyl (C=O) groups is 2. The molecule has 0 saturated heterocycles. The summed E-state index contributed by atoms with van der Waals surface area (Å²) in [5.74, 6) is -0.331. The summed E-state index contributed by atoms with van der Waals surface area (Å²) < 4.78 is 0. The van der Waals surface area contributed by atoms with Crippen molar-refractivity contribution in [3.8, 4) is 0 Å². The normalized spacial score (nSPS) is 10.4. The van der Waals surface area contributed by atoms with E-state index in [2.05, 4.69) is 4.98 Å². The van der Waals surface area contributed by atoms with Crippen LogP contribution < -0.4 is 0 Å². The smallest absolute Gasteiger partial charge is 0.270 e. The van der Waals surface area contributed by atoms with Gasteiger partial charge in [-0.1, -0.05) is 30.3 Å². The zero-order valence-electron chi connectivity index (χ0n) is 11.9. The monoisotopic (exact) mass is 286 g/mol. The van der Waals surface area contributed by atoms with Crippen LogP contribution in [0.1, 0.15) is 33.3 Å². The van der Waals surface area contributed by atoms with Crippen molar-refractivity contribution in [1.29, 1.82) is 0 Å². The number of Topliss-reactive ketones (excluding diaryl/α,β-unsaturated/α-hetero) is 1. The van der Waals surface area contributed by atoms with Crippen LogP contribution in [0.2, 0.25) is 0 Å². The van der Waals surface area contributed by atoms with Crippen LogP contribution >= 0.6 is 0 Å². The van der Waals surface area contributed by atoms with E-state index in [1.165, 1.54) is 13.1 Å². The first kappa shape index (κ1) is 15.0. The number of rotatable bonds is 6. The van der Waals surface area contributed by atoms with Gasteiger partial charge in [0.2, 0.25) is 0 Å². The molecule has 2 aromatic rings. The summed E-state index contributed by atoms with van der Waals surface area (Å²) in [5, 5.41) is 9.15. The number of aliphatic hydroxyl groups is 1. The minimum absolute atomic E-state index is 0.0953. The fraction of sp³-hybridized carbons (Fsp3) is 0.250. The lowest BCUT2D eigenvalue weighted by atomic mass is 10.2. The zero-order chi connectivity index (χ0) is 15.2. The molecule has 2 rings (SSSR count). The number of hydrogen-bond donors (Lipinski definition) is 2. The van der Waals surface area contributed by atoms with Gasteiger partial charge in [-0.3, -0.25) is 9.59 Å². The average Bonchev–Trinajstić information content (AvgIpc) is 2.97. The Kier molecular flexibility index (Phi) is 4.90. The Labute approximate surface area is 123 Å². The Morgan fingerprint density at radius 2 is 1.95 bits per heavy atom. The molecule has 0 saturated carbocycles. The third-order valence-electron chi connectivity index (χ3n) is 3.19. The number of H-pyrrole nitrogens is 1. The fourth-order valence-corrected chi connectivity index (χ4v) is 2.07. The summed E-state index contributed by atoms with van der Waals surface area (Å²) >= 11 is 0. The lowest BCUT2D eigenvalue weighted by molar-refractivity contribution is 0.0702. The van der Waals surface area contributed by atoms with Gasteiger partial charge >= 0.3 is 0 Å². The number of benzene rings is 1. The van der Waals surface area contributed by atoms with Crippen LogP contribution in [0.25, 0.3) is 0 Å². The standard InChI is InChI=1S/C16H18N2O3/c1-12(20)14-9-15(17-10-14)16(21)18(7-8-19)11-13-5-3-2-4-6-13/h2-6,9-10,17,19H,7-8,11H2,1H3. The number of nitrogens with zero attached hydrogens (tertiary/aromatic N) is 1. The van der Waals surface area contributed by atoms with Crippen molar-refractivity contribution in [2.24, 2.45) is 0 Å². The second kappa shape index (κ2) is 6.85. The predicted octanol–water partition coefficient (Wildman–Crippen LogP) is 1.85. The number of amides is 1. The fourth-order valence-electron chi connectivity index (χ4n) is 2.07. The second-order valence-electron chi connectivity index (χ2n) is 4.79. The minimum Gasteiger partial charge on any atom is -0.395 e. The van der Waals surface area contributed by atoms with E-state index in [0.717, 1.165) is 5.56 Å². The Morgan fingerprint density at radius 3 is 2.52 bits per heavy atom. The predicted molar refractivity (Wildman–Crippen MR) is 79.1 cm³/mol. The van der Waals surface area contributed by atoms with E-state index in [1.54, 1.807) is 11.0 Å². The summed E-state index contributed by atoms with van der Waals surface area (Å²) in [6.45, 7) is 1.99. The molecule has 0 spiro atoms. The van der Waals surface area contributed by atoms with Crippen LogP contribution in [-0.4, -0.2) is 39.8 Å². The SMILES string of the molecule is CC(=O)c1c[nH]c(C(=O)N(CCO)Cc2ccccc2)c1. The van der Waals surface area contributed by atoms with Gasteiger partial charge in [0.15, 0.2) is 5.78 Å². The van der Waals surface area contributed by atoms with Gasteiger partial charge in [-0.05, 0) is 18.6 Å². The van der Waals surface area contributed by atoms with Gasteiger partial charge in [0.25, 0.3) is 5.91 Å². The van der Waals surface area contributed by atoms with Gasteiger partial charge in [0, 0.05) is 24.8 Å². The molecule has 0 aliphatic carbocycles. The highest BCUT2D eigenvalue weighted by molar-refractivity contribution is 5.99. The Morgan fingerprint density at radius 1 is 1.24 bits per heavy atom. The zero-order valence-corrected chi connectivity index (χ0v) is 11.9. The lowest BCUT2D eigenvalue weighted by Crippen LogP contribution is -2.33. The Hall–Kier alpha value is -2.40. The van der Waals surface area contributed by atoms with Crippen molar-refractivity contribution in [2.45, 2.75) is 13.5 Å². The maximum absolute atomic E-state index is 12.4. The van der Waals surface area contributed by atoms with Crippen LogP contribution in [0.3, 0.4) is 0 Å². The summed E-state index contributed by atoms with van der Waals surface area (Å²) in [5.41, 5.74) is 1.81. The van der Waals surface area contributed by atoms with E-state index in [9.17, 15) is 9.59 Å². The van der Waals surface area contributed by atoms with Crippen LogP contribution in [-0.2, 0) is 6.54 Å². The molecular weight excluding hydrogens is 268 g/mol. The first-order valence-corrected chi connectivity index (χ1v) is 6.75. The van der Waals surface area contributed by atoms with Crippen molar-refractivity contribution >= 4 is 11.7 Å². The molecule has 1 heterocycles.